The van der Waals surface area contributed by atoms with Crippen molar-refractivity contribution in [3.05, 3.63) is 68.5 Å². The van der Waals surface area contributed by atoms with Gasteiger partial charge in [0.05, 0.1) is 25.5 Å². The maximum atomic E-state index is 13.6. The van der Waals surface area contributed by atoms with E-state index in [1.165, 1.54) is 6.07 Å². The molecule has 0 amide bonds. The number of rotatable bonds is 5. The molecule has 2 heterocycles. The molecule has 134 valence electrons. The van der Waals surface area contributed by atoms with Crippen LogP contribution in [0.15, 0.2) is 40.1 Å². The second-order valence-electron chi connectivity index (χ2n) is 5.63. The van der Waals surface area contributed by atoms with Crippen LogP contribution in [0, 0.1) is 11.6 Å². The molecule has 0 aliphatic carbocycles. The molecule has 0 bridgehead atoms. The van der Waals surface area contributed by atoms with Gasteiger partial charge in [-0.1, -0.05) is 18.2 Å². The van der Waals surface area contributed by atoms with E-state index in [2.05, 4.69) is 0 Å². The standard InChI is InChI=1S/C16H16F2N2O5/c17-10-4-2-1-3-9(10)8-24-12-5-14(25-13(12)7-21)20-6-11(18)15(22)19-16(20)23/h1-4,6,12-14,21H,5,7-8H2,(H,19,22,23)/t12?,13-,14-/m0/s1. The number of aromatic amines is 1. The lowest BCUT2D eigenvalue weighted by atomic mass is 10.1. The maximum Gasteiger partial charge on any atom is 0.330 e. The Labute approximate surface area is 140 Å². The summed E-state index contributed by atoms with van der Waals surface area (Å²) < 4.78 is 39.1. The Morgan fingerprint density at radius 1 is 1.28 bits per heavy atom. The summed E-state index contributed by atoms with van der Waals surface area (Å²) in [7, 11) is 0. The highest BCUT2D eigenvalue weighted by atomic mass is 19.1. The molecule has 9 heteroatoms. The lowest BCUT2D eigenvalue weighted by molar-refractivity contribution is -0.0662. The van der Waals surface area contributed by atoms with E-state index in [9.17, 15) is 23.5 Å². The van der Waals surface area contributed by atoms with Crippen molar-refractivity contribution in [2.75, 3.05) is 6.61 Å². The number of hydrogen-bond donors (Lipinski definition) is 2. The molecular weight excluding hydrogens is 338 g/mol. The van der Waals surface area contributed by atoms with Crippen LogP contribution in [0.1, 0.15) is 18.2 Å². The summed E-state index contributed by atoms with van der Waals surface area (Å²) in [5, 5.41) is 9.42. The van der Waals surface area contributed by atoms with Gasteiger partial charge in [0, 0.05) is 12.0 Å². The van der Waals surface area contributed by atoms with E-state index in [1.54, 1.807) is 18.2 Å². The molecule has 3 atom stereocenters. The molecule has 1 unspecified atom stereocenters. The average molecular weight is 354 g/mol. The number of aliphatic hydroxyl groups is 1. The molecule has 1 aliphatic rings. The van der Waals surface area contributed by atoms with Gasteiger partial charge in [-0.15, -0.1) is 0 Å². The third-order valence-electron chi connectivity index (χ3n) is 4.01. The van der Waals surface area contributed by atoms with Crippen molar-refractivity contribution in [2.24, 2.45) is 0 Å². The van der Waals surface area contributed by atoms with Gasteiger partial charge in [0.1, 0.15) is 18.1 Å². The number of ether oxygens (including phenoxy) is 2. The molecule has 2 N–H and O–H groups in total. The Morgan fingerprint density at radius 3 is 2.76 bits per heavy atom. The molecular formula is C16H16F2N2O5. The van der Waals surface area contributed by atoms with Crippen molar-refractivity contribution in [2.45, 2.75) is 31.5 Å². The molecule has 3 rings (SSSR count). The van der Waals surface area contributed by atoms with Crippen LogP contribution in [-0.4, -0.2) is 33.5 Å². The van der Waals surface area contributed by atoms with Gasteiger partial charge in [0.25, 0.3) is 5.56 Å². The highest BCUT2D eigenvalue weighted by Crippen LogP contribution is 2.30. The maximum absolute atomic E-state index is 13.6. The first-order valence-electron chi connectivity index (χ1n) is 7.62. The van der Waals surface area contributed by atoms with Crippen LogP contribution in [0.25, 0.3) is 0 Å². The van der Waals surface area contributed by atoms with Crippen molar-refractivity contribution in [3.63, 3.8) is 0 Å². The number of nitrogens with one attached hydrogen (secondary N) is 1. The predicted molar refractivity (Wildman–Crippen MR) is 81.9 cm³/mol. The van der Waals surface area contributed by atoms with E-state index in [-0.39, 0.29) is 19.6 Å². The molecule has 1 fully saturated rings. The van der Waals surface area contributed by atoms with Crippen LogP contribution in [-0.2, 0) is 16.1 Å². The first-order chi connectivity index (χ1) is 12.0. The van der Waals surface area contributed by atoms with Gasteiger partial charge in [-0.2, -0.15) is 4.39 Å². The fourth-order valence-electron chi connectivity index (χ4n) is 2.70. The molecule has 1 saturated heterocycles. The highest BCUT2D eigenvalue weighted by molar-refractivity contribution is 5.16. The fraction of sp³-hybridized carbons (Fsp3) is 0.375. The number of aromatic nitrogens is 2. The first-order valence-corrected chi connectivity index (χ1v) is 7.62. The Balaban J connectivity index is 1.75. The summed E-state index contributed by atoms with van der Waals surface area (Å²) in [6, 6.07) is 6.10. The summed E-state index contributed by atoms with van der Waals surface area (Å²) in [6.45, 7) is -0.433. The van der Waals surface area contributed by atoms with Gasteiger partial charge in [0.15, 0.2) is 0 Å². The van der Waals surface area contributed by atoms with Crippen molar-refractivity contribution >= 4 is 0 Å². The minimum atomic E-state index is -1.13. The predicted octanol–water partition coefficient (Wildman–Crippen LogP) is 0.680. The van der Waals surface area contributed by atoms with Gasteiger partial charge in [-0.25, -0.2) is 9.18 Å². The average Bonchev–Trinajstić information content (AvgIpc) is 3.00. The number of benzene rings is 1. The Morgan fingerprint density at radius 2 is 2.04 bits per heavy atom. The second kappa shape index (κ2) is 7.26. The van der Waals surface area contributed by atoms with Crippen molar-refractivity contribution in [1.29, 1.82) is 0 Å². The Bertz CT molecular complexity index is 866. The molecule has 1 aromatic heterocycles. The summed E-state index contributed by atoms with van der Waals surface area (Å²) in [5.74, 6) is -1.54. The van der Waals surface area contributed by atoms with Crippen molar-refractivity contribution in [1.82, 2.24) is 9.55 Å². The number of H-pyrrole nitrogens is 1. The van der Waals surface area contributed by atoms with Crippen LogP contribution in [0.5, 0.6) is 0 Å². The molecule has 0 radical (unpaired) electrons. The second-order valence-corrected chi connectivity index (χ2v) is 5.63. The quantitative estimate of drug-likeness (QED) is 0.824. The summed E-state index contributed by atoms with van der Waals surface area (Å²) >= 11 is 0. The smallest absolute Gasteiger partial charge is 0.330 e. The number of aliphatic hydroxyl groups excluding tert-OH is 1. The van der Waals surface area contributed by atoms with Crippen LogP contribution in [0.2, 0.25) is 0 Å². The monoisotopic (exact) mass is 354 g/mol. The van der Waals surface area contributed by atoms with Gasteiger partial charge in [-0.05, 0) is 6.07 Å². The topological polar surface area (TPSA) is 93.6 Å². The summed E-state index contributed by atoms with van der Waals surface area (Å²) in [6.07, 6.45) is -1.43. The van der Waals surface area contributed by atoms with E-state index >= 15 is 0 Å². The largest absolute Gasteiger partial charge is 0.394 e. The zero-order valence-electron chi connectivity index (χ0n) is 13.0. The van der Waals surface area contributed by atoms with Crippen LogP contribution >= 0.6 is 0 Å². The first kappa shape index (κ1) is 17.5. The number of nitrogens with zero attached hydrogens (tertiary/aromatic N) is 1. The molecule has 7 nitrogen and oxygen atoms in total. The zero-order chi connectivity index (χ0) is 18.0. The summed E-state index contributed by atoms with van der Waals surface area (Å²) in [4.78, 5) is 24.8. The molecule has 0 saturated carbocycles. The van der Waals surface area contributed by atoms with Gasteiger partial charge >= 0.3 is 5.69 Å². The molecule has 1 aliphatic heterocycles. The summed E-state index contributed by atoms with van der Waals surface area (Å²) in [5.41, 5.74) is -1.61. The van der Waals surface area contributed by atoms with Crippen LogP contribution in [0.3, 0.4) is 0 Å². The highest BCUT2D eigenvalue weighted by Gasteiger charge is 2.37. The van der Waals surface area contributed by atoms with E-state index in [0.29, 0.717) is 5.56 Å². The Hall–Kier alpha value is -2.36. The van der Waals surface area contributed by atoms with E-state index in [0.717, 1.165) is 10.8 Å². The third-order valence-corrected chi connectivity index (χ3v) is 4.01. The lowest BCUT2D eigenvalue weighted by Crippen LogP contribution is -2.34. The van der Waals surface area contributed by atoms with E-state index in [1.807, 2.05) is 4.98 Å². The van der Waals surface area contributed by atoms with Crippen LogP contribution < -0.4 is 11.2 Å². The molecule has 25 heavy (non-hydrogen) atoms. The van der Waals surface area contributed by atoms with E-state index < -0.39 is 41.3 Å². The Kier molecular flexibility index (Phi) is 5.07. The van der Waals surface area contributed by atoms with Gasteiger partial charge < -0.3 is 14.6 Å². The van der Waals surface area contributed by atoms with Gasteiger partial charge in [-0.3, -0.25) is 14.3 Å². The zero-order valence-corrected chi connectivity index (χ0v) is 13.0. The molecule has 1 aromatic carbocycles. The fourth-order valence-corrected chi connectivity index (χ4v) is 2.70. The molecule has 0 spiro atoms. The van der Waals surface area contributed by atoms with Gasteiger partial charge in [0.2, 0.25) is 5.82 Å². The minimum Gasteiger partial charge on any atom is -0.394 e. The van der Waals surface area contributed by atoms with Crippen molar-refractivity contribution in [3.8, 4) is 0 Å². The van der Waals surface area contributed by atoms with Crippen molar-refractivity contribution < 1.29 is 23.4 Å². The van der Waals surface area contributed by atoms with Crippen LogP contribution in [0.4, 0.5) is 8.78 Å². The number of halogens is 2. The lowest BCUT2D eigenvalue weighted by Gasteiger charge is -2.16. The molecule has 2 aromatic rings. The normalized spacial score (nSPS) is 23.1. The van der Waals surface area contributed by atoms with E-state index in [4.69, 9.17) is 9.47 Å². The SMILES string of the molecule is O=c1[nH]c(=O)n([C@@H]2CC(OCc3ccccc3F)[C@H](CO)O2)cc1F. The third kappa shape index (κ3) is 3.68. The number of hydrogen-bond acceptors (Lipinski definition) is 5. The minimum absolute atomic E-state index is 0.0429.